The van der Waals surface area contributed by atoms with Crippen molar-refractivity contribution in [2.75, 3.05) is 14.1 Å². The van der Waals surface area contributed by atoms with Gasteiger partial charge in [0, 0.05) is 5.54 Å². The van der Waals surface area contributed by atoms with E-state index in [2.05, 4.69) is 39.8 Å². The van der Waals surface area contributed by atoms with Crippen molar-refractivity contribution in [3.05, 3.63) is 0 Å². The fraction of sp³-hybridized carbons (Fsp3) is 1.00. The van der Waals surface area contributed by atoms with E-state index < -0.39 is 0 Å². The predicted octanol–water partition coefficient (Wildman–Crippen LogP) is 0.163. The van der Waals surface area contributed by atoms with Crippen molar-refractivity contribution in [3.63, 3.8) is 0 Å². The van der Waals surface area contributed by atoms with Crippen molar-refractivity contribution in [1.82, 2.24) is 4.90 Å². The van der Waals surface area contributed by atoms with Crippen LogP contribution in [0.5, 0.6) is 0 Å². The minimum absolute atomic E-state index is 0. The molecular formula is C6H18GeN. The molecule has 0 aliphatic heterocycles. The van der Waals surface area contributed by atoms with Crippen LogP contribution in [0.2, 0.25) is 0 Å². The molecule has 1 nitrogen and oxygen atoms in total. The molecule has 0 bridgehead atoms. The number of hydrogen-bond acceptors (Lipinski definition) is 1. The molecule has 2 heteroatoms. The molecule has 0 aromatic rings. The van der Waals surface area contributed by atoms with Gasteiger partial charge in [0.15, 0.2) is 0 Å². The van der Waals surface area contributed by atoms with Crippen LogP contribution in [-0.2, 0) is 0 Å². The van der Waals surface area contributed by atoms with Gasteiger partial charge in [0.25, 0.3) is 0 Å². The van der Waals surface area contributed by atoms with E-state index in [4.69, 9.17) is 0 Å². The quantitative estimate of drug-likeness (QED) is 0.476. The Morgan fingerprint density at radius 1 is 1.00 bits per heavy atom. The van der Waals surface area contributed by atoms with Crippen LogP contribution in [0.1, 0.15) is 20.8 Å². The van der Waals surface area contributed by atoms with E-state index in [-0.39, 0.29) is 17.6 Å². The van der Waals surface area contributed by atoms with Crippen LogP contribution in [-0.4, -0.2) is 42.1 Å². The van der Waals surface area contributed by atoms with Crippen molar-refractivity contribution in [2.24, 2.45) is 0 Å². The van der Waals surface area contributed by atoms with Crippen LogP contribution in [0.4, 0.5) is 0 Å². The molecule has 0 spiro atoms. The monoisotopic (exact) mass is 178 g/mol. The van der Waals surface area contributed by atoms with Gasteiger partial charge in [-0.1, -0.05) is 0 Å². The summed E-state index contributed by atoms with van der Waals surface area (Å²) in [7, 11) is 4.17. The maximum atomic E-state index is 2.19. The standard InChI is InChI=1S/C6H15N.GeH3/c1-6(2,3)7(4)5;/h1-5H3;1H3. The van der Waals surface area contributed by atoms with E-state index in [1.54, 1.807) is 0 Å². The molecule has 0 aliphatic carbocycles. The SMILES string of the molecule is CN(C)C(C)(C)C.[GeH3]. The first kappa shape index (κ1) is 11.3. The van der Waals surface area contributed by atoms with Crippen LogP contribution in [0.25, 0.3) is 0 Å². The Balaban J connectivity index is 0. The molecule has 0 heterocycles. The minimum atomic E-state index is 0. The summed E-state index contributed by atoms with van der Waals surface area (Å²) in [5.74, 6) is 0. The Hall–Kier alpha value is 0.503. The second kappa shape index (κ2) is 3.51. The summed E-state index contributed by atoms with van der Waals surface area (Å²) < 4.78 is 0. The summed E-state index contributed by atoms with van der Waals surface area (Å²) in [6.07, 6.45) is 0. The molecule has 51 valence electrons. The van der Waals surface area contributed by atoms with Crippen molar-refractivity contribution in [1.29, 1.82) is 0 Å². The summed E-state index contributed by atoms with van der Waals surface area (Å²) in [5, 5.41) is 0. The molecule has 8 heavy (non-hydrogen) atoms. The van der Waals surface area contributed by atoms with E-state index in [1.165, 1.54) is 0 Å². The molecule has 0 aliphatic rings. The van der Waals surface area contributed by atoms with E-state index in [9.17, 15) is 0 Å². The van der Waals surface area contributed by atoms with E-state index >= 15 is 0 Å². The van der Waals surface area contributed by atoms with Crippen molar-refractivity contribution in [2.45, 2.75) is 26.3 Å². The molecule has 0 amide bonds. The molecular weight excluding hydrogens is 159 g/mol. The Bertz CT molecular complexity index is 54.0. The van der Waals surface area contributed by atoms with Crippen molar-refractivity contribution < 1.29 is 0 Å². The molecule has 0 atom stereocenters. The van der Waals surface area contributed by atoms with Crippen LogP contribution in [0, 0.1) is 0 Å². The van der Waals surface area contributed by atoms with Gasteiger partial charge < -0.3 is 4.90 Å². The molecule has 0 aromatic heterocycles. The second-order valence-corrected chi connectivity index (χ2v) is 3.07. The molecule has 0 saturated heterocycles. The Morgan fingerprint density at radius 3 is 1.12 bits per heavy atom. The number of rotatable bonds is 0. The van der Waals surface area contributed by atoms with Gasteiger partial charge in [-0.15, -0.1) is 0 Å². The molecule has 0 aromatic carbocycles. The van der Waals surface area contributed by atoms with Gasteiger partial charge >= 0.3 is 17.6 Å². The van der Waals surface area contributed by atoms with Crippen LogP contribution in [0.15, 0.2) is 0 Å². The topological polar surface area (TPSA) is 3.24 Å². The van der Waals surface area contributed by atoms with Gasteiger partial charge in [-0.2, -0.15) is 0 Å². The molecule has 0 N–H and O–H groups in total. The molecule has 0 rings (SSSR count). The van der Waals surface area contributed by atoms with Crippen molar-refractivity contribution >= 4 is 17.6 Å². The third-order valence-electron chi connectivity index (χ3n) is 1.34. The van der Waals surface area contributed by atoms with Gasteiger partial charge in [0.1, 0.15) is 0 Å². The summed E-state index contributed by atoms with van der Waals surface area (Å²) in [6.45, 7) is 6.56. The first-order chi connectivity index (χ1) is 2.94. The first-order valence-electron chi connectivity index (χ1n) is 2.62. The van der Waals surface area contributed by atoms with Crippen LogP contribution >= 0.6 is 0 Å². The predicted molar refractivity (Wildman–Crippen MR) is 43.4 cm³/mol. The Labute approximate surface area is 63.4 Å². The fourth-order valence-corrected chi connectivity index (χ4v) is 0. The van der Waals surface area contributed by atoms with E-state index in [0.717, 1.165) is 0 Å². The average Bonchev–Trinajstić information content (AvgIpc) is 1.31. The van der Waals surface area contributed by atoms with Gasteiger partial charge in [0.2, 0.25) is 0 Å². The van der Waals surface area contributed by atoms with Crippen LogP contribution in [0.3, 0.4) is 0 Å². The maximum absolute atomic E-state index is 2.19. The van der Waals surface area contributed by atoms with Gasteiger partial charge in [-0.3, -0.25) is 0 Å². The third-order valence-corrected chi connectivity index (χ3v) is 1.34. The Morgan fingerprint density at radius 2 is 1.12 bits per heavy atom. The summed E-state index contributed by atoms with van der Waals surface area (Å²) in [6, 6.07) is 0. The van der Waals surface area contributed by atoms with Crippen molar-refractivity contribution in [3.8, 4) is 0 Å². The summed E-state index contributed by atoms with van der Waals surface area (Å²) in [5.41, 5.74) is 0.333. The Kier molecular flexibility index (Phi) is 4.97. The molecule has 0 unspecified atom stereocenters. The fourth-order valence-electron chi connectivity index (χ4n) is 0. The zero-order valence-corrected chi connectivity index (χ0v) is 11.1. The average molecular weight is 177 g/mol. The zero-order chi connectivity index (χ0) is 6.08. The van der Waals surface area contributed by atoms with E-state index in [1.807, 2.05) is 0 Å². The summed E-state index contributed by atoms with van der Waals surface area (Å²) >= 11 is 0. The van der Waals surface area contributed by atoms with Crippen LogP contribution < -0.4 is 0 Å². The zero-order valence-electron chi connectivity index (χ0n) is 6.95. The third kappa shape index (κ3) is 4.66. The summed E-state index contributed by atoms with van der Waals surface area (Å²) in [4.78, 5) is 2.19. The molecule has 0 saturated carbocycles. The number of hydrogen-bond donors (Lipinski definition) is 0. The first-order valence-corrected chi connectivity index (χ1v) is 2.62. The van der Waals surface area contributed by atoms with Gasteiger partial charge in [-0.05, 0) is 34.9 Å². The second-order valence-electron chi connectivity index (χ2n) is 3.07. The normalized spacial score (nSPS) is 11.2. The van der Waals surface area contributed by atoms with E-state index in [0.29, 0.717) is 5.54 Å². The number of nitrogens with zero attached hydrogens (tertiary/aromatic N) is 1. The van der Waals surface area contributed by atoms with Gasteiger partial charge in [0.05, 0.1) is 0 Å². The molecule has 0 fully saturated rings. The molecule has 1 radical (unpaired) electrons. The van der Waals surface area contributed by atoms with Gasteiger partial charge in [-0.25, -0.2) is 0 Å².